The summed E-state index contributed by atoms with van der Waals surface area (Å²) in [5.74, 6) is 0.553. The molecule has 1 rings (SSSR count). The van der Waals surface area contributed by atoms with Crippen LogP contribution < -0.4 is 5.32 Å². The molecule has 1 heterocycles. The van der Waals surface area contributed by atoms with Gasteiger partial charge >= 0.3 is 0 Å². The second-order valence-corrected chi connectivity index (χ2v) is 4.02. The molecule has 1 aromatic heterocycles. The van der Waals surface area contributed by atoms with Gasteiger partial charge in [-0.3, -0.25) is 0 Å². The van der Waals surface area contributed by atoms with Crippen LogP contribution in [0.1, 0.15) is 26.0 Å². The Morgan fingerprint density at radius 1 is 1.40 bits per heavy atom. The second kappa shape index (κ2) is 8.64. The Kier molecular flexibility index (Phi) is 6.76. The van der Waals surface area contributed by atoms with E-state index >= 15 is 0 Å². The average molecular weight is 267 g/mol. The first-order valence-corrected chi connectivity index (χ1v) is 6.63. The molecule has 1 aromatic rings. The number of nitrogens with zero attached hydrogens (tertiary/aromatic N) is 2. The normalized spacial score (nSPS) is 12.5. The SMILES string of the molecule is C=C/C=C(\C=C/C)Nc1nccc(/C(C=C)=C/CC)n1. The first-order valence-electron chi connectivity index (χ1n) is 6.63. The molecule has 0 saturated carbocycles. The Labute approximate surface area is 121 Å². The lowest BCUT2D eigenvalue weighted by Gasteiger charge is -2.07. The number of allylic oxidation sites excluding steroid dienone is 7. The van der Waals surface area contributed by atoms with E-state index in [1.165, 1.54) is 0 Å². The van der Waals surface area contributed by atoms with Crippen molar-refractivity contribution in [1.29, 1.82) is 0 Å². The molecular weight excluding hydrogens is 246 g/mol. The lowest BCUT2D eigenvalue weighted by molar-refractivity contribution is 1.13. The lowest BCUT2D eigenvalue weighted by atomic mass is 10.1. The van der Waals surface area contributed by atoms with E-state index in [4.69, 9.17) is 0 Å². The molecule has 1 N–H and O–H groups in total. The third-order valence-electron chi connectivity index (χ3n) is 2.50. The Balaban J connectivity index is 3.04. The van der Waals surface area contributed by atoms with Gasteiger partial charge in [-0.15, -0.1) is 0 Å². The van der Waals surface area contributed by atoms with Gasteiger partial charge in [0.2, 0.25) is 5.95 Å². The number of anilines is 1. The van der Waals surface area contributed by atoms with Gasteiger partial charge in [0.05, 0.1) is 5.69 Å². The molecule has 0 unspecified atom stereocenters. The zero-order valence-corrected chi connectivity index (χ0v) is 12.1. The van der Waals surface area contributed by atoms with E-state index in [0.29, 0.717) is 5.95 Å². The molecule has 0 aliphatic carbocycles. The molecule has 3 heteroatoms. The lowest BCUT2D eigenvalue weighted by Crippen LogP contribution is -2.03. The molecule has 0 aliphatic heterocycles. The van der Waals surface area contributed by atoms with Crippen molar-refractivity contribution in [3.63, 3.8) is 0 Å². The van der Waals surface area contributed by atoms with Gasteiger partial charge in [-0.2, -0.15) is 0 Å². The van der Waals surface area contributed by atoms with Crippen LogP contribution >= 0.6 is 0 Å². The molecule has 104 valence electrons. The fraction of sp³-hybridized carbons (Fsp3) is 0.176. The number of rotatable bonds is 7. The number of hydrogen-bond donors (Lipinski definition) is 1. The quantitative estimate of drug-likeness (QED) is 0.738. The third kappa shape index (κ3) is 4.69. The monoisotopic (exact) mass is 267 g/mol. The highest BCUT2D eigenvalue weighted by atomic mass is 15.1. The van der Waals surface area contributed by atoms with Crippen LogP contribution in [-0.4, -0.2) is 9.97 Å². The highest BCUT2D eigenvalue weighted by Crippen LogP contribution is 2.15. The van der Waals surface area contributed by atoms with Crippen LogP contribution in [-0.2, 0) is 0 Å². The van der Waals surface area contributed by atoms with Crippen LogP contribution in [0.4, 0.5) is 5.95 Å². The van der Waals surface area contributed by atoms with E-state index in [1.54, 1.807) is 12.3 Å². The van der Waals surface area contributed by atoms with Crippen molar-refractivity contribution in [2.45, 2.75) is 20.3 Å². The van der Waals surface area contributed by atoms with Crippen LogP contribution in [0, 0.1) is 0 Å². The van der Waals surface area contributed by atoms with E-state index in [1.807, 2.05) is 37.3 Å². The zero-order chi connectivity index (χ0) is 14.8. The molecule has 3 nitrogen and oxygen atoms in total. The van der Waals surface area contributed by atoms with E-state index in [0.717, 1.165) is 23.4 Å². The highest BCUT2D eigenvalue weighted by molar-refractivity contribution is 5.71. The summed E-state index contributed by atoms with van der Waals surface area (Å²) in [6, 6.07) is 1.88. The summed E-state index contributed by atoms with van der Waals surface area (Å²) in [5.41, 5.74) is 2.76. The van der Waals surface area contributed by atoms with Gasteiger partial charge in [-0.1, -0.05) is 44.4 Å². The van der Waals surface area contributed by atoms with Crippen LogP contribution in [0.2, 0.25) is 0 Å². The maximum absolute atomic E-state index is 4.50. The molecule has 0 spiro atoms. The summed E-state index contributed by atoms with van der Waals surface area (Å²) in [4.78, 5) is 8.72. The van der Waals surface area contributed by atoms with Gasteiger partial charge in [0.1, 0.15) is 0 Å². The van der Waals surface area contributed by atoms with Gasteiger partial charge in [-0.25, -0.2) is 9.97 Å². The van der Waals surface area contributed by atoms with Gasteiger partial charge in [0, 0.05) is 11.9 Å². The summed E-state index contributed by atoms with van der Waals surface area (Å²) in [5, 5.41) is 3.16. The third-order valence-corrected chi connectivity index (χ3v) is 2.50. The molecule has 0 fully saturated rings. The first kappa shape index (κ1) is 15.6. The number of hydrogen-bond acceptors (Lipinski definition) is 3. The van der Waals surface area contributed by atoms with Gasteiger partial charge < -0.3 is 5.32 Å². The molecule has 0 amide bonds. The van der Waals surface area contributed by atoms with Crippen molar-refractivity contribution in [2.75, 3.05) is 5.32 Å². The molecule has 20 heavy (non-hydrogen) atoms. The summed E-state index contributed by atoms with van der Waals surface area (Å²) in [7, 11) is 0. The molecule has 0 aliphatic rings. The average Bonchev–Trinajstić information content (AvgIpc) is 2.45. The summed E-state index contributed by atoms with van der Waals surface area (Å²) >= 11 is 0. The molecule has 0 atom stereocenters. The van der Waals surface area contributed by atoms with Gasteiger partial charge in [0.15, 0.2) is 0 Å². The summed E-state index contributed by atoms with van der Waals surface area (Å²) < 4.78 is 0. The Bertz CT molecular complexity index is 551. The van der Waals surface area contributed by atoms with Crippen LogP contribution in [0.3, 0.4) is 0 Å². The van der Waals surface area contributed by atoms with E-state index < -0.39 is 0 Å². The number of aromatic nitrogens is 2. The van der Waals surface area contributed by atoms with Crippen molar-refractivity contribution in [2.24, 2.45) is 0 Å². The zero-order valence-electron chi connectivity index (χ0n) is 12.1. The van der Waals surface area contributed by atoms with Crippen molar-refractivity contribution >= 4 is 11.5 Å². The number of nitrogens with one attached hydrogen (secondary N) is 1. The minimum absolute atomic E-state index is 0.553. The van der Waals surface area contributed by atoms with Crippen molar-refractivity contribution in [3.8, 4) is 0 Å². The van der Waals surface area contributed by atoms with E-state index in [9.17, 15) is 0 Å². The largest absolute Gasteiger partial charge is 0.324 e. The summed E-state index contributed by atoms with van der Waals surface area (Å²) in [6.07, 6.45) is 14.0. The maximum atomic E-state index is 4.50. The predicted molar refractivity (Wildman–Crippen MR) is 87.2 cm³/mol. The maximum Gasteiger partial charge on any atom is 0.227 e. The second-order valence-electron chi connectivity index (χ2n) is 4.02. The van der Waals surface area contributed by atoms with Gasteiger partial charge in [0.25, 0.3) is 0 Å². The fourth-order valence-electron chi connectivity index (χ4n) is 1.67. The van der Waals surface area contributed by atoms with Crippen LogP contribution in [0.15, 0.2) is 67.6 Å². The first-order chi connectivity index (χ1) is 9.74. The molecule has 0 radical (unpaired) electrons. The highest BCUT2D eigenvalue weighted by Gasteiger charge is 2.02. The van der Waals surface area contributed by atoms with Gasteiger partial charge in [-0.05, 0) is 37.1 Å². The standard InChI is InChI=1S/C17H21N3/c1-5-9-14(8-4)16-12-13-18-17(20-16)19-15(10-6-2)11-7-3/h6-13H,2,4-5H2,1,3H3,(H,18,19,20)/b11-7-,14-9+,15-10+. The Hall–Kier alpha value is -2.42. The Morgan fingerprint density at radius 3 is 2.80 bits per heavy atom. The molecule has 0 bridgehead atoms. The molecule has 0 aromatic carbocycles. The van der Waals surface area contributed by atoms with E-state index in [-0.39, 0.29) is 0 Å². The van der Waals surface area contributed by atoms with Crippen LogP contribution in [0.25, 0.3) is 5.57 Å². The molecular formula is C17H21N3. The van der Waals surface area contributed by atoms with Crippen LogP contribution in [0.5, 0.6) is 0 Å². The Morgan fingerprint density at radius 2 is 2.20 bits per heavy atom. The fourth-order valence-corrected chi connectivity index (χ4v) is 1.67. The van der Waals surface area contributed by atoms with Crippen molar-refractivity contribution < 1.29 is 0 Å². The predicted octanol–water partition coefficient (Wildman–Crippen LogP) is 4.51. The minimum Gasteiger partial charge on any atom is -0.324 e. The summed E-state index contributed by atoms with van der Waals surface area (Å²) in [6.45, 7) is 11.6. The molecule has 0 saturated heterocycles. The van der Waals surface area contributed by atoms with Crippen molar-refractivity contribution in [1.82, 2.24) is 9.97 Å². The van der Waals surface area contributed by atoms with Crippen molar-refractivity contribution in [3.05, 3.63) is 73.3 Å². The minimum atomic E-state index is 0.553. The smallest absolute Gasteiger partial charge is 0.227 e. The topological polar surface area (TPSA) is 37.8 Å². The van der Waals surface area contributed by atoms with E-state index in [2.05, 4.69) is 41.4 Å².